The van der Waals surface area contributed by atoms with Crippen molar-refractivity contribution in [1.29, 1.82) is 0 Å². The molecule has 0 aliphatic heterocycles. The van der Waals surface area contributed by atoms with Gasteiger partial charge in [-0.15, -0.1) is 0 Å². The molecule has 3 nitrogen and oxygen atoms in total. The molecule has 2 heterocycles. The largest absolute Gasteiger partial charge is 0.392 e. The fraction of sp³-hybridized carbons (Fsp3) is 0.133. The van der Waals surface area contributed by atoms with Gasteiger partial charge in [-0.25, -0.2) is 4.52 Å². The predicted octanol–water partition coefficient (Wildman–Crippen LogP) is 2.80. The fourth-order valence-electron chi connectivity index (χ4n) is 2.32. The summed E-state index contributed by atoms with van der Waals surface area (Å²) < 4.78 is 1.84. The van der Waals surface area contributed by atoms with E-state index in [9.17, 15) is 5.11 Å². The molecule has 0 fully saturated rings. The average Bonchev–Trinajstić information content (AvgIpc) is 2.79. The van der Waals surface area contributed by atoms with E-state index in [1.54, 1.807) is 0 Å². The number of hydrogen-bond donors (Lipinski definition) is 1. The van der Waals surface area contributed by atoms with Crippen LogP contribution in [0.4, 0.5) is 0 Å². The number of aliphatic hydroxyl groups excluding tert-OH is 1. The van der Waals surface area contributed by atoms with E-state index < -0.39 is 0 Å². The van der Waals surface area contributed by atoms with Crippen LogP contribution in [0.1, 0.15) is 11.1 Å². The molecule has 0 saturated heterocycles. The first-order chi connectivity index (χ1) is 8.81. The molecule has 0 amide bonds. The lowest BCUT2D eigenvalue weighted by atomic mass is 10.1. The lowest BCUT2D eigenvalue weighted by Gasteiger charge is -2.00. The van der Waals surface area contributed by atoms with E-state index in [-0.39, 0.29) is 6.61 Å². The quantitative estimate of drug-likeness (QED) is 0.745. The Labute approximate surface area is 105 Å². The number of rotatable bonds is 2. The Bertz CT molecular complexity index is 686. The van der Waals surface area contributed by atoms with Crippen LogP contribution in [0.2, 0.25) is 0 Å². The van der Waals surface area contributed by atoms with Gasteiger partial charge in [0.05, 0.1) is 17.8 Å². The van der Waals surface area contributed by atoms with E-state index in [0.29, 0.717) is 0 Å². The Balaban J connectivity index is 2.34. The van der Waals surface area contributed by atoms with Crippen molar-refractivity contribution in [2.24, 2.45) is 0 Å². The third kappa shape index (κ3) is 1.60. The molecule has 2 aromatic heterocycles. The molecular formula is C15H14N2O. The molecule has 18 heavy (non-hydrogen) atoms. The highest BCUT2D eigenvalue weighted by Gasteiger charge is 2.14. The zero-order valence-electron chi connectivity index (χ0n) is 10.2. The molecule has 1 N–H and O–H groups in total. The van der Waals surface area contributed by atoms with Crippen LogP contribution in [0, 0.1) is 6.92 Å². The Hall–Kier alpha value is -2.13. The minimum atomic E-state index is -0.00141. The highest BCUT2D eigenvalue weighted by molar-refractivity contribution is 5.74. The third-order valence-corrected chi connectivity index (χ3v) is 3.16. The van der Waals surface area contributed by atoms with Crippen LogP contribution in [0.25, 0.3) is 16.8 Å². The monoisotopic (exact) mass is 238 g/mol. The minimum absolute atomic E-state index is 0.00141. The van der Waals surface area contributed by atoms with Crippen molar-refractivity contribution in [3.63, 3.8) is 0 Å². The van der Waals surface area contributed by atoms with E-state index in [1.807, 2.05) is 60.1 Å². The molecule has 0 radical (unpaired) electrons. The molecule has 1 aromatic carbocycles. The van der Waals surface area contributed by atoms with Crippen molar-refractivity contribution in [1.82, 2.24) is 9.61 Å². The van der Waals surface area contributed by atoms with Crippen molar-refractivity contribution in [2.45, 2.75) is 13.5 Å². The first-order valence-corrected chi connectivity index (χ1v) is 5.94. The van der Waals surface area contributed by atoms with Crippen molar-refractivity contribution < 1.29 is 5.11 Å². The Morgan fingerprint density at radius 2 is 1.89 bits per heavy atom. The second kappa shape index (κ2) is 4.27. The molecule has 0 bridgehead atoms. The van der Waals surface area contributed by atoms with Gasteiger partial charge in [-0.1, -0.05) is 36.4 Å². The van der Waals surface area contributed by atoms with Crippen molar-refractivity contribution in [2.75, 3.05) is 0 Å². The fourth-order valence-corrected chi connectivity index (χ4v) is 2.32. The summed E-state index contributed by atoms with van der Waals surface area (Å²) in [5, 5.41) is 14.2. The van der Waals surface area contributed by atoms with E-state index >= 15 is 0 Å². The van der Waals surface area contributed by atoms with E-state index in [2.05, 4.69) is 5.10 Å². The molecule has 0 atom stereocenters. The van der Waals surface area contributed by atoms with Gasteiger partial charge in [0.25, 0.3) is 0 Å². The van der Waals surface area contributed by atoms with Gasteiger partial charge in [0.1, 0.15) is 0 Å². The molecule has 3 heteroatoms. The zero-order chi connectivity index (χ0) is 12.5. The highest BCUT2D eigenvalue weighted by atomic mass is 16.3. The standard InChI is InChI=1S/C15H14N2O/c1-11-6-5-9-17-15(11)13(10-18)14(16-17)12-7-3-2-4-8-12/h2-9,18H,10H2,1H3. The van der Waals surface area contributed by atoms with Crippen LogP contribution in [0.15, 0.2) is 48.7 Å². The second-order valence-electron chi connectivity index (χ2n) is 4.34. The highest BCUT2D eigenvalue weighted by Crippen LogP contribution is 2.27. The van der Waals surface area contributed by atoms with Gasteiger partial charge >= 0.3 is 0 Å². The molecule has 90 valence electrons. The van der Waals surface area contributed by atoms with Gasteiger partial charge in [0.15, 0.2) is 0 Å². The topological polar surface area (TPSA) is 37.5 Å². The summed E-state index contributed by atoms with van der Waals surface area (Å²) in [6.45, 7) is 2.03. The summed E-state index contributed by atoms with van der Waals surface area (Å²) in [6, 6.07) is 14.0. The van der Waals surface area contributed by atoms with E-state index in [1.165, 1.54) is 0 Å². The predicted molar refractivity (Wildman–Crippen MR) is 71.3 cm³/mol. The van der Waals surface area contributed by atoms with E-state index in [4.69, 9.17) is 0 Å². The molecule has 0 saturated carbocycles. The number of fused-ring (bicyclic) bond motifs is 1. The van der Waals surface area contributed by atoms with Crippen LogP contribution >= 0.6 is 0 Å². The number of benzene rings is 1. The number of aliphatic hydroxyl groups is 1. The van der Waals surface area contributed by atoms with E-state index in [0.717, 1.165) is 27.9 Å². The summed E-state index contributed by atoms with van der Waals surface area (Å²) in [6.07, 6.45) is 1.91. The first kappa shape index (κ1) is 11.0. The maximum absolute atomic E-state index is 9.64. The summed E-state index contributed by atoms with van der Waals surface area (Å²) in [7, 11) is 0. The van der Waals surface area contributed by atoms with Crippen molar-refractivity contribution in [3.05, 3.63) is 59.8 Å². The minimum Gasteiger partial charge on any atom is -0.392 e. The van der Waals surface area contributed by atoms with Gasteiger partial charge in [0.2, 0.25) is 0 Å². The molecule has 0 unspecified atom stereocenters. The van der Waals surface area contributed by atoms with Gasteiger partial charge < -0.3 is 5.11 Å². The van der Waals surface area contributed by atoms with Crippen LogP contribution < -0.4 is 0 Å². The maximum Gasteiger partial charge on any atom is 0.0989 e. The Morgan fingerprint density at radius 1 is 1.11 bits per heavy atom. The summed E-state index contributed by atoms with van der Waals surface area (Å²) in [5.41, 5.74) is 4.89. The van der Waals surface area contributed by atoms with Crippen LogP contribution in [-0.4, -0.2) is 14.7 Å². The van der Waals surface area contributed by atoms with Crippen molar-refractivity contribution >= 4 is 5.52 Å². The van der Waals surface area contributed by atoms with Crippen LogP contribution in [-0.2, 0) is 6.61 Å². The second-order valence-corrected chi connectivity index (χ2v) is 4.34. The number of hydrogen-bond acceptors (Lipinski definition) is 2. The zero-order valence-corrected chi connectivity index (χ0v) is 10.2. The lowest BCUT2D eigenvalue weighted by molar-refractivity contribution is 0.284. The van der Waals surface area contributed by atoms with Crippen LogP contribution in [0.5, 0.6) is 0 Å². The summed E-state index contributed by atoms with van der Waals surface area (Å²) >= 11 is 0. The summed E-state index contributed by atoms with van der Waals surface area (Å²) in [4.78, 5) is 0. The Kier molecular flexibility index (Phi) is 2.61. The average molecular weight is 238 g/mol. The number of aromatic nitrogens is 2. The smallest absolute Gasteiger partial charge is 0.0989 e. The summed E-state index contributed by atoms with van der Waals surface area (Å²) in [5.74, 6) is 0. The van der Waals surface area contributed by atoms with Crippen molar-refractivity contribution in [3.8, 4) is 11.3 Å². The molecule has 0 aliphatic carbocycles. The van der Waals surface area contributed by atoms with Crippen LogP contribution in [0.3, 0.4) is 0 Å². The normalized spacial score (nSPS) is 11.0. The Morgan fingerprint density at radius 3 is 2.61 bits per heavy atom. The van der Waals surface area contributed by atoms with Gasteiger partial charge in [-0.2, -0.15) is 5.10 Å². The third-order valence-electron chi connectivity index (χ3n) is 3.16. The van der Waals surface area contributed by atoms with Gasteiger partial charge in [0, 0.05) is 17.3 Å². The van der Waals surface area contributed by atoms with Gasteiger partial charge in [-0.3, -0.25) is 0 Å². The molecule has 0 spiro atoms. The SMILES string of the molecule is Cc1cccn2nc(-c3ccccc3)c(CO)c12. The number of aryl methyl sites for hydroxylation is 1. The number of pyridine rings is 1. The molecule has 3 aromatic rings. The molecule has 0 aliphatic rings. The first-order valence-electron chi connectivity index (χ1n) is 5.94. The van der Waals surface area contributed by atoms with Gasteiger partial charge in [-0.05, 0) is 18.6 Å². The number of nitrogens with zero attached hydrogens (tertiary/aromatic N) is 2. The lowest BCUT2D eigenvalue weighted by Crippen LogP contribution is -1.89. The molecular weight excluding hydrogens is 224 g/mol. The maximum atomic E-state index is 9.64. The molecule has 3 rings (SSSR count).